The summed E-state index contributed by atoms with van der Waals surface area (Å²) >= 11 is 0. The van der Waals surface area contributed by atoms with Crippen LogP contribution in [0, 0.1) is 12.8 Å². The number of nitrogens with zero attached hydrogens (tertiary/aromatic N) is 4. The molecule has 2 aromatic heterocycles. The molecule has 2 rings (SSSR count). The topological polar surface area (TPSA) is 84.2 Å². The van der Waals surface area contributed by atoms with Crippen molar-refractivity contribution in [3.05, 3.63) is 35.6 Å². The lowest BCUT2D eigenvalue weighted by molar-refractivity contribution is -0.117. The molecular formula is C16H23N5O2. The van der Waals surface area contributed by atoms with Crippen molar-refractivity contribution in [1.29, 1.82) is 0 Å². The molecule has 0 bridgehead atoms. The predicted molar refractivity (Wildman–Crippen MR) is 86.8 cm³/mol. The monoisotopic (exact) mass is 317 g/mol. The van der Waals surface area contributed by atoms with Crippen molar-refractivity contribution >= 4 is 11.7 Å². The number of hydrogen-bond donors (Lipinski definition) is 1. The number of carbonyl (C=O) groups is 1. The van der Waals surface area contributed by atoms with Crippen LogP contribution in [0.5, 0.6) is 0 Å². The lowest BCUT2D eigenvalue weighted by atomic mass is 10.1. The van der Waals surface area contributed by atoms with Gasteiger partial charge in [-0.05, 0) is 32.0 Å². The van der Waals surface area contributed by atoms with E-state index in [0.717, 1.165) is 12.1 Å². The second-order valence-corrected chi connectivity index (χ2v) is 6.09. The van der Waals surface area contributed by atoms with Crippen molar-refractivity contribution in [3.8, 4) is 0 Å². The number of aryl methyl sites for hydroxylation is 1. The zero-order chi connectivity index (χ0) is 16.8. The van der Waals surface area contributed by atoms with Crippen molar-refractivity contribution in [1.82, 2.24) is 20.0 Å². The van der Waals surface area contributed by atoms with Gasteiger partial charge in [0.1, 0.15) is 5.82 Å². The minimum absolute atomic E-state index is 0.132. The summed E-state index contributed by atoms with van der Waals surface area (Å²) in [7, 11) is 1.83. The van der Waals surface area contributed by atoms with E-state index in [4.69, 9.17) is 4.52 Å². The van der Waals surface area contributed by atoms with Crippen LogP contribution in [0.25, 0.3) is 0 Å². The zero-order valence-electron chi connectivity index (χ0n) is 14.0. The molecule has 7 nitrogen and oxygen atoms in total. The van der Waals surface area contributed by atoms with Gasteiger partial charge in [0, 0.05) is 12.1 Å². The lowest BCUT2D eigenvalue weighted by Crippen LogP contribution is -2.30. The standard InChI is InChI=1S/C16H23N5O2/c1-11(2)8-14-19-16(23-20-14)10-21(4)9-15(22)18-13-7-5-6-12(3)17-13/h5-7,11H,8-10H2,1-4H3,(H,17,18,22). The van der Waals surface area contributed by atoms with Crippen LogP contribution in [0.3, 0.4) is 0 Å². The largest absolute Gasteiger partial charge is 0.338 e. The number of anilines is 1. The molecule has 0 saturated carbocycles. The third kappa shape index (κ3) is 5.78. The van der Waals surface area contributed by atoms with Crippen molar-refractivity contribution in [2.24, 2.45) is 5.92 Å². The van der Waals surface area contributed by atoms with Crippen LogP contribution in [0.4, 0.5) is 5.82 Å². The Morgan fingerprint density at radius 2 is 2.13 bits per heavy atom. The molecule has 7 heteroatoms. The molecule has 0 aliphatic heterocycles. The second-order valence-electron chi connectivity index (χ2n) is 6.09. The van der Waals surface area contributed by atoms with Crippen LogP contribution in [0.2, 0.25) is 0 Å². The minimum Gasteiger partial charge on any atom is -0.338 e. The maximum absolute atomic E-state index is 12.0. The normalized spacial score (nSPS) is 11.2. The quantitative estimate of drug-likeness (QED) is 0.841. The Morgan fingerprint density at radius 3 is 2.83 bits per heavy atom. The first-order valence-electron chi connectivity index (χ1n) is 7.66. The van der Waals surface area contributed by atoms with Crippen LogP contribution >= 0.6 is 0 Å². The Bertz CT molecular complexity index is 653. The summed E-state index contributed by atoms with van der Waals surface area (Å²) in [5, 5.41) is 6.72. The van der Waals surface area contributed by atoms with Crippen LogP contribution in [0.1, 0.15) is 31.3 Å². The Hall–Kier alpha value is -2.28. The Labute approximate surface area is 136 Å². The summed E-state index contributed by atoms with van der Waals surface area (Å²) in [4.78, 5) is 22.4. The zero-order valence-corrected chi connectivity index (χ0v) is 14.0. The number of rotatable bonds is 7. The maximum atomic E-state index is 12.0. The number of aromatic nitrogens is 3. The van der Waals surface area contributed by atoms with Gasteiger partial charge in [0.05, 0.1) is 13.1 Å². The highest BCUT2D eigenvalue weighted by atomic mass is 16.5. The molecule has 0 saturated heterocycles. The molecular weight excluding hydrogens is 294 g/mol. The van der Waals surface area contributed by atoms with Gasteiger partial charge in [0.25, 0.3) is 0 Å². The minimum atomic E-state index is -0.132. The Kier molecular flexibility index (Phi) is 5.81. The van der Waals surface area contributed by atoms with Crippen molar-refractivity contribution in [3.63, 3.8) is 0 Å². The fourth-order valence-corrected chi connectivity index (χ4v) is 2.13. The third-order valence-electron chi connectivity index (χ3n) is 3.08. The van der Waals surface area contributed by atoms with Gasteiger partial charge in [-0.25, -0.2) is 4.98 Å². The van der Waals surface area contributed by atoms with Gasteiger partial charge in [-0.2, -0.15) is 4.98 Å². The number of hydrogen-bond acceptors (Lipinski definition) is 6. The smallest absolute Gasteiger partial charge is 0.240 e. The summed E-state index contributed by atoms with van der Waals surface area (Å²) in [6, 6.07) is 5.50. The molecule has 0 radical (unpaired) electrons. The highest BCUT2D eigenvalue weighted by Gasteiger charge is 2.13. The van der Waals surface area contributed by atoms with Gasteiger partial charge in [-0.1, -0.05) is 25.1 Å². The molecule has 2 aromatic rings. The van der Waals surface area contributed by atoms with E-state index in [1.165, 1.54) is 0 Å². The van der Waals surface area contributed by atoms with E-state index in [9.17, 15) is 4.79 Å². The molecule has 0 aliphatic rings. The van der Waals surface area contributed by atoms with Crippen molar-refractivity contribution in [2.75, 3.05) is 18.9 Å². The number of amides is 1. The third-order valence-corrected chi connectivity index (χ3v) is 3.08. The SMILES string of the molecule is Cc1cccc(NC(=O)CN(C)Cc2nc(CC(C)C)no2)n1. The van der Waals surface area contributed by atoms with Crippen LogP contribution < -0.4 is 5.32 Å². The Morgan fingerprint density at radius 1 is 1.35 bits per heavy atom. The van der Waals surface area contributed by atoms with E-state index in [2.05, 4.69) is 34.3 Å². The predicted octanol–water partition coefficient (Wildman–Crippen LogP) is 2.04. The number of carbonyl (C=O) groups excluding carboxylic acids is 1. The summed E-state index contributed by atoms with van der Waals surface area (Å²) in [6.07, 6.45) is 0.784. The lowest BCUT2D eigenvalue weighted by Gasteiger charge is -2.13. The molecule has 0 fully saturated rings. The van der Waals surface area contributed by atoms with E-state index in [1.54, 1.807) is 6.07 Å². The molecule has 1 amide bonds. The van der Waals surface area contributed by atoms with Gasteiger partial charge in [-0.15, -0.1) is 0 Å². The highest BCUT2D eigenvalue weighted by Crippen LogP contribution is 2.07. The maximum Gasteiger partial charge on any atom is 0.240 e. The first-order chi connectivity index (χ1) is 10.9. The first-order valence-corrected chi connectivity index (χ1v) is 7.66. The summed E-state index contributed by atoms with van der Waals surface area (Å²) in [5.74, 6) is 2.13. The molecule has 0 atom stereocenters. The second kappa shape index (κ2) is 7.82. The van der Waals surface area contributed by atoms with Gasteiger partial charge >= 0.3 is 0 Å². The van der Waals surface area contributed by atoms with Gasteiger partial charge < -0.3 is 9.84 Å². The fraction of sp³-hybridized carbons (Fsp3) is 0.500. The van der Waals surface area contributed by atoms with Crippen molar-refractivity contribution < 1.29 is 9.32 Å². The fourth-order valence-electron chi connectivity index (χ4n) is 2.13. The summed E-state index contributed by atoms with van der Waals surface area (Å²) < 4.78 is 5.20. The molecule has 1 N–H and O–H groups in total. The van der Waals surface area contributed by atoms with E-state index < -0.39 is 0 Å². The average Bonchev–Trinajstić information content (AvgIpc) is 2.84. The van der Waals surface area contributed by atoms with E-state index in [0.29, 0.717) is 30.0 Å². The molecule has 0 unspecified atom stereocenters. The van der Waals surface area contributed by atoms with Crippen LogP contribution in [0.15, 0.2) is 22.7 Å². The first kappa shape index (κ1) is 17.1. The van der Waals surface area contributed by atoms with Gasteiger partial charge in [-0.3, -0.25) is 9.69 Å². The van der Waals surface area contributed by atoms with Gasteiger partial charge in [0.2, 0.25) is 11.8 Å². The van der Waals surface area contributed by atoms with E-state index in [1.807, 2.05) is 31.0 Å². The molecule has 23 heavy (non-hydrogen) atoms. The van der Waals surface area contributed by atoms with Gasteiger partial charge in [0.15, 0.2) is 5.82 Å². The van der Waals surface area contributed by atoms with Crippen LogP contribution in [-0.4, -0.2) is 39.5 Å². The summed E-state index contributed by atoms with van der Waals surface area (Å²) in [5.41, 5.74) is 0.861. The number of pyridine rings is 1. The molecule has 2 heterocycles. The molecule has 0 aromatic carbocycles. The molecule has 124 valence electrons. The average molecular weight is 317 g/mol. The van der Waals surface area contributed by atoms with Crippen LogP contribution in [-0.2, 0) is 17.8 Å². The van der Waals surface area contributed by atoms with Crippen molar-refractivity contribution in [2.45, 2.75) is 33.7 Å². The highest BCUT2D eigenvalue weighted by molar-refractivity contribution is 5.91. The Balaban J connectivity index is 1.83. The summed E-state index contributed by atoms with van der Waals surface area (Å²) in [6.45, 7) is 6.74. The molecule has 0 spiro atoms. The number of likely N-dealkylation sites (N-methyl/N-ethyl adjacent to an activating group) is 1. The number of nitrogens with one attached hydrogen (secondary N) is 1. The van der Waals surface area contributed by atoms with E-state index in [-0.39, 0.29) is 12.5 Å². The van der Waals surface area contributed by atoms with E-state index >= 15 is 0 Å². The molecule has 0 aliphatic carbocycles.